The van der Waals surface area contributed by atoms with Crippen LogP contribution in [-0.4, -0.2) is 50.0 Å². The van der Waals surface area contributed by atoms with Crippen molar-refractivity contribution in [1.82, 2.24) is 4.98 Å². The molecule has 18 heavy (non-hydrogen) atoms. The number of aliphatic hydroxyl groups is 1. The number of aliphatic hydroxyl groups excluding tert-OH is 1. The predicted molar refractivity (Wildman–Crippen MR) is 67.1 cm³/mol. The Labute approximate surface area is 106 Å². The van der Waals surface area contributed by atoms with Crippen LogP contribution >= 0.6 is 0 Å². The van der Waals surface area contributed by atoms with E-state index in [0.717, 1.165) is 0 Å². The summed E-state index contributed by atoms with van der Waals surface area (Å²) in [6.07, 6.45) is -0.469. The van der Waals surface area contributed by atoms with E-state index in [2.05, 4.69) is 9.72 Å². The number of nitrogens with zero attached hydrogens (tertiary/aromatic N) is 2. The van der Waals surface area contributed by atoms with Gasteiger partial charge in [0.15, 0.2) is 0 Å². The van der Waals surface area contributed by atoms with Crippen LogP contribution in [0.5, 0.6) is 5.88 Å². The second-order valence-corrected chi connectivity index (χ2v) is 3.95. The smallest absolute Gasteiger partial charge is 0.343 e. The number of likely N-dealkylation sites (N-methyl/N-ethyl adjacent to an activating group) is 1. The lowest BCUT2D eigenvalue weighted by Crippen LogP contribution is -2.27. The van der Waals surface area contributed by atoms with Crippen LogP contribution in [0, 0.1) is 0 Å². The summed E-state index contributed by atoms with van der Waals surface area (Å²) in [7, 11) is 4.54. The van der Waals surface area contributed by atoms with E-state index in [4.69, 9.17) is 4.74 Å². The molecule has 6 nitrogen and oxygen atoms in total. The molecule has 0 radical (unpaired) electrons. The van der Waals surface area contributed by atoms with Gasteiger partial charge in [0.1, 0.15) is 11.4 Å². The minimum Gasteiger partial charge on any atom is -0.480 e. The SMILES string of the molecule is COC(=O)c1ccc(N(C)CC(C)O)nc1OC. The molecule has 1 N–H and O–H groups in total. The summed E-state index contributed by atoms with van der Waals surface area (Å²) in [4.78, 5) is 17.4. The van der Waals surface area contributed by atoms with Gasteiger partial charge < -0.3 is 19.5 Å². The van der Waals surface area contributed by atoms with E-state index < -0.39 is 12.1 Å². The minimum atomic E-state index is -0.496. The van der Waals surface area contributed by atoms with E-state index in [1.54, 1.807) is 31.0 Å². The number of rotatable bonds is 5. The van der Waals surface area contributed by atoms with E-state index in [-0.39, 0.29) is 11.4 Å². The molecule has 0 aliphatic heterocycles. The van der Waals surface area contributed by atoms with Crippen molar-refractivity contribution in [2.24, 2.45) is 0 Å². The lowest BCUT2D eigenvalue weighted by Gasteiger charge is -2.20. The summed E-state index contributed by atoms with van der Waals surface area (Å²) in [5.41, 5.74) is 0.272. The number of carbonyl (C=O) groups is 1. The topological polar surface area (TPSA) is 71.9 Å². The van der Waals surface area contributed by atoms with Crippen molar-refractivity contribution in [2.75, 3.05) is 32.7 Å². The van der Waals surface area contributed by atoms with Gasteiger partial charge in [-0.3, -0.25) is 0 Å². The molecule has 1 aromatic heterocycles. The first-order valence-electron chi connectivity index (χ1n) is 5.52. The summed E-state index contributed by atoms with van der Waals surface area (Å²) in [5, 5.41) is 9.32. The van der Waals surface area contributed by atoms with Crippen molar-refractivity contribution >= 4 is 11.8 Å². The van der Waals surface area contributed by atoms with Crippen LogP contribution in [0.4, 0.5) is 5.82 Å². The van der Waals surface area contributed by atoms with Crippen molar-refractivity contribution in [1.29, 1.82) is 0 Å². The molecule has 100 valence electrons. The number of hydrogen-bond donors (Lipinski definition) is 1. The van der Waals surface area contributed by atoms with E-state index in [9.17, 15) is 9.90 Å². The van der Waals surface area contributed by atoms with Gasteiger partial charge in [-0.2, -0.15) is 4.98 Å². The Hall–Kier alpha value is -1.82. The van der Waals surface area contributed by atoms with E-state index in [1.165, 1.54) is 14.2 Å². The largest absolute Gasteiger partial charge is 0.480 e. The number of aromatic nitrogens is 1. The van der Waals surface area contributed by atoms with Gasteiger partial charge in [-0.1, -0.05) is 0 Å². The van der Waals surface area contributed by atoms with E-state index >= 15 is 0 Å². The van der Waals surface area contributed by atoms with Crippen molar-refractivity contribution in [3.8, 4) is 5.88 Å². The maximum absolute atomic E-state index is 11.5. The van der Waals surface area contributed by atoms with Gasteiger partial charge in [-0.15, -0.1) is 0 Å². The monoisotopic (exact) mass is 254 g/mol. The third-order valence-electron chi connectivity index (χ3n) is 2.37. The average Bonchev–Trinajstić information content (AvgIpc) is 2.36. The van der Waals surface area contributed by atoms with Gasteiger partial charge >= 0.3 is 5.97 Å². The Morgan fingerprint density at radius 1 is 1.50 bits per heavy atom. The summed E-state index contributed by atoms with van der Waals surface area (Å²) in [6.45, 7) is 2.13. The molecule has 0 amide bonds. The summed E-state index contributed by atoms with van der Waals surface area (Å²) >= 11 is 0. The van der Waals surface area contributed by atoms with Gasteiger partial charge in [-0.25, -0.2) is 4.79 Å². The van der Waals surface area contributed by atoms with Crippen LogP contribution in [0.2, 0.25) is 0 Å². The zero-order chi connectivity index (χ0) is 13.7. The molecule has 0 bridgehead atoms. The van der Waals surface area contributed by atoms with Crippen LogP contribution in [-0.2, 0) is 4.74 Å². The molecular weight excluding hydrogens is 236 g/mol. The van der Waals surface area contributed by atoms with Crippen LogP contribution in [0.15, 0.2) is 12.1 Å². The number of hydrogen-bond acceptors (Lipinski definition) is 6. The van der Waals surface area contributed by atoms with Gasteiger partial charge in [0.05, 0.1) is 20.3 Å². The number of pyridine rings is 1. The first-order chi connectivity index (χ1) is 8.49. The molecule has 0 fully saturated rings. The Morgan fingerprint density at radius 2 is 2.17 bits per heavy atom. The second-order valence-electron chi connectivity index (χ2n) is 3.95. The fourth-order valence-corrected chi connectivity index (χ4v) is 1.55. The molecule has 0 aliphatic rings. The Morgan fingerprint density at radius 3 is 2.67 bits per heavy atom. The quantitative estimate of drug-likeness (QED) is 0.780. The van der Waals surface area contributed by atoms with E-state index in [1.807, 2.05) is 0 Å². The molecule has 0 spiro atoms. The molecule has 0 aromatic carbocycles. The highest BCUT2D eigenvalue weighted by Gasteiger charge is 2.16. The molecule has 1 heterocycles. The van der Waals surface area contributed by atoms with Gasteiger partial charge in [0.2, 0.25) is 5.88 Å². The Kier molecular flexibility index (Phi) is 4.91. The fraction of sp³-hybridized carbons (Fsp3) is 0.500. The molecule has 1 aromatic rings. The lowest BCUT2D eigenvalue weighted by molar-refractivity contribution is 0.0596. The fourth-order valence-electron chi connectivity index (χ4n) is 1.55. The predicted octanol–water partition coefficient (Wildman–Crippen LogP) is 0.694. The normalized spacial score (nSPS) is 11.8. The highest BCUT2D eigenvalue weighted by molar-refractivity contribution is 5.92. The zero-order valence-corrected chi connectivity index (χ0v) is 11.0. The van der Waals surface area contributed by atoms with Crippen molar-refractivity contribution in [3.05, 3.63) is 17.7 Å². The highest BCUT2D eigenvalue weighted by atomic mass is 16.5. The van der Waals surface area contributed by atoms with Gasteiger partial charge in [0, 0.05) is 13.6 Å². The number of ether oxygens (including phenoxy) is 2. The van der Waals surface area contributed by atoms with Crippen LogP contribution < -0.4 is 9.64 Å². The maximum Gasteiger partial charge on any atom is 0.343 e. The summed E-state index contributed by atoms with van der Waals surface area (Å²) in [5.74, 6) is 0.321. The van der Waals surface area contributed by atoms with Gasteiger partial charge in [0.25, 0.3) is 0 Å². The van der Waals surface area contributed by atoms with Crippen LogP contribution in [0.25, 0.3) is 0 Å². The minimum absolute atomic E-state index is 0.205. The third kappa shape index (κ3) is 3.33. The molecule has 0 saturated carbocycles. The first-order valence-corrected chi connectivity index (χ1v) is 5.52. The van der Waals surface area contributed by atoms with Crippen molar-refractivity contribution < 1.29 is 19.4 Å². The van der Waals surface area contributed by atoms with Gasteiger partial charge in [-0.05, 0) is 19.1 Å². The number of esters is 1. The van der Waals surface area contributed by atoms with Crippen molar-refractivity contribution in [3.63, 3.8) is 0 Å². The lowest BCUT2D eigenvalue weighted by atomic mass is 10.2. The molecular formula is C12H18N2O4. The third-order valence-corrected chi connectivity index (χ3v) is 2.37. The first kappa shape index (κ1) is 14.2. The molecule has 6 heteroatoms. The highest BCUT2D eigenvalue weighted by Crippen LogP contribution is 2.21. The summed E-state index contributed by atoms with van der Waals surface area (Å²) < 4.78 is 9.69. The number of carbonyl (C=O) groups excluding carboxylic acids is 1. The van der Waals surface area contributed by atoms with Crippen LogP contribution in [0.1, 0.15) is 17.3 Å². The van der Waals surface area contributed by atoms with E-state index in [0.29, 0.717) is 12.4 Å². The molecule has 0 saturated heterocycles. The second kappa shape index (κ2) is 6.20. The average molecular weight is 254 g/mol. The molecule has 0 aliphatic carbocycles. The maximum atomic E-state index is 11.5. The zero-order valence-electron chi connectivity index (χ0n) is 11.0. The number of anilines is 1. The molecule has 1 unspecified atom stereocenters. The van der Waals surface area contributed by atoms with Crippen LogP contribution in [0.3, 0.4) is 0 Å². The molecule has 1 rings (SSSR count). The Bertz CT molecular complexity index is 421. The van der Waals surface area contributed by atoms with Crippen molar-refractivity contribution in [2.45, 2.75) is 13.0 Å². The molecule has 1 atom stereocenters. The standard InChI is InChI=1S/C12H18N2O4/c1-8(15)7-14(2)10-6-5-9(12(16)18-4)11(13-10)17-3/h5-6,8,15H,7H2,1-4H3. The Balaban J connectivity index is 3.01. The summed E-state index contributed by atoms with van der Waals surface area (Å²) in [6, 6.07) is 3.27. The number of methoxy groups -OCH3 is 2.